The van der Waals surface area contributed by atoms with Gasteiger partial charge in [-0.15, -0.1) is 0 Å². The van der Waals surface area contributed by atoms with Crippen molar-refractivity contribution in [3.05, 3.63) is 67.6 Å². The molecule has 2 rings (SSSR count). The number of carbonyl (C=O) groups excluding carboxylic acids is 2. The van der Waals surface area contributed by atoms with E-state index in [1.54, 1.807) is 43.3 Å². The number of carbonyl (C=O) groups is 2. The highest BCUT2D eigenvalue weighted by molar-refractivity contribution is 6.36. The standard InChI is InChI=1S/C22H24Cl4N2O2/c1-3-4-10-27-22(30)14(2)28(13-17-18(24)6-5-7-19(17)25)21(29)11-15-8-9-16(23)12-20(15)26/h5-9,12,14H,3-4,10-11,13H2,1-2H3,(H,27,30). The average Bonchev–Trinajstić information content (AvgIpc) is 2.69. The molecule has 1 unspecified atom stereocenters. The fraction of sp³-hybridized carbons (Fsp3) is 0.364. The van der Waals surface area contributed by atoms with Crippen molar-refractivity contribution < 1.29 is 9.59 Å². The Labute approximate surface area is 197 Å². The fourth-order valence-corrected chi connectivity index (χ4v) is 3.89. The van der Waals surface area contributed by atoms with Gasteiger partial charge in [0.25, 0.3) is 0 Å². The molecule has 0 bridgehead atoms. The maximum absolute atomic E-state index is 13.2. The second-order valence-electron chi connectivity index (χ2n) is 6.95. The van der Waals surface area contributed by atoms with E-state index in [-0.39, 0.29) is 24.8 Å². The lowest BCUT2D eigenvalue weighted by molar-refractivity contribution is -0.140. The number of hydrogen-bond donors (Lipinski definition) is 1. The van der Waals surface area contributed by atoms with Crippen molar-refractivity contribution in [2.24, 2.45) is 0 Å². The third-order valence-electron chi connectivity index (χ3n) is 4.74. The van der Waals surface area contributed by atoms with Gasteiger partial charge in [0.05, 0.1) is 6.42 Å². The molecule has 1 atom stereocenters. The van der Waals surface area contributed by atoms with Crippen molar-refractivity contribution >= 4 is 58.2 Å². The average molecular weight is 490 g/mol. The van der Waals surface area contributed by atoms with Gasteiger partial charge in [-0.3, -0.25) is 9.59 Å². The lowest BCUT2D eigenvalue weighted by Gasteiger charge is -2.29. The van der Waals surface area contributed by atoms with Crippen LogP contribution in [-0.4, -0.2) is 29.3 Å². The van der Waals surface area contributed by atoms with Gasteiger partial charge in [-0.05, 0) is 43.2 Å². The lowest BCUT2D eigenvalue weighted by Crippen LogP contribution is -2.48. The van der Waals surface area contributed by atoms with E-state index in [1.807, 2.05) is 6.92 Å². The Hall–Kier alpha value is -1.46. The van der Waals surface area contributed by atoms with Crippen LogP contribution in [0.5, 0.6) is 0 Å². The number of amides is 2. The Morgan fingerprint density at radius 2 is 1.70 bits per heavy atom. The normalized spacial score (nSPS) is 11.8. The Morgan fingerprint density at radius 1 is 1.03 bits per heavy atom. The summed E-state index contributed by atoms with van der Waals surface area (Å²) in [5.74, 6) is -0.504. The van der Waals surface area contributed by atoms with Crippen LogP contribution in [0.2, 0.25) is 20.1 Å². The topological polar surface area (TPSA) is 49.4 Å². The smallest absolute Gasteiger partial charge is 0.242 e. The van der Waals surface area contributed by atoms with Crippen molar-refractivity contribution in [1.29, 1.82) is 0 Å². The maximum atomic E-state index is 13.2. The summed E-state index contributed by atoms with van der Waals surface area (Å²) >= 11 is 24.8. The van der Waals surface area contributed by atoms with E-state index in [4.69, 9.17) is 46.4 Å². The number of benzene rings is 2. The highest BCUT2D eigenvalue weighted by atomic mass is 35.5. The fourth-order valence-electron chi connectivity index (χ4n) is 2.90. The summed E-state index contributed by atoms with van der Waals surface area (Å²) in [5.41, 5.74) is 1.21. The molecule has 2 aromatic carbocycles. The van der Waals surface area contributed by atoms with Gasteiger partial charge >= 0.3 is 0 Å². The zero-order chi connectivity index (χ0) is 22.3. The van der Waals surface area contributed by atoms with Crippen LogP contribution in [0.3, 0.4) is 0 Å². The van der Waals surface area contributed by atoms with E-state index >= 15 is 0 Å². The van der Waals surface area contributed by atoms with Crippen LogP contribution in [-0.2, 0) is 22.6 Å². The second-order valence-corrected chi connectivity index (χ2v) is 8.61. The Kier molecular flexibility index (Phi) is 9.76. The van der Waals surface area contributed by atoms with Crippen LogP contribution >= 0.6 is 46.4 Å². The van der Waals surface area contributed by atoms with Crippen LogP contribution in [0.25, 0.3) is 0 Å². The van der Waals surface area contributed by atoms with E-state index in [9.17, 15) is 9.59 Å². The first-order valence-electron chi connectivity index (χ1n) is 9.68. The molecule has 0 spiro atoms. The predicted molar refractivity (Wildman–Crippen MR) is 125 cm³/mol. The lowest BCUT2D eigenvalue weighted by atomic mass is 10.1. The van der Waals surface area contributed by atoms with Gasteiger partial charge in [-0.1, -0.05) is 71.9 Å². The molecular weight excluding hydrogens is 466 g/mol. The summed E-state index contributed by atoms with van der Waals surface area (Å²) in [5, 5.41) is 4.62. The van der Waals surface area contributed by atoms with Gasteiger partial charge in [-0.2, -0.15) is 0 Å². The molecule has 0 aromatic heterocycles. The molecule has 8 heteroatoms. The number of rotatable bonds is 9. The molecule has 4 nitrogen and oxygen atoms in total. The van der Waals surface area contributed by atoms with Gasteiger partial charge in [0.15, 0.2) is 0 Å². The third kappa shape index (κ3) is 6.78. The molecule has 0 heterocycles. The van der Waals surface area contributed by atoms with Gasteiger partial charge in [-0.25, -0.2) is 0 Å². The Bertz CT molecular complexity index is 884. The quantitative estimate of drug-likeness (QED) is 0.427. The molecular formula is C22H24Cl4N2O2. The van der Waals surface area contributed by atoms with Crippen LogP contribution in [0.4, 0.5) is 0 Å². The second kappa shape index (κ2) is 11.8. The zero-order valence-corrected chi connectivity index (χ0v) is 19.9. The van der Waals surface area contributed by atoms with Gasteiger partial charge in [0, 0.05) is 38.7 Å². The highest BCUT2D eigenvalue weighted by Gasteiger charge is 2.27. The van der Waals surface area contributed by atoms with E-state index < -0.39 is 6.04 Å². The molecule has 0 saturated carbocycles. The highest BCUT2D eigenvalue weighted by Crippen LogP contribution is 2.27. The van der Waals surface area contributed by atoms with E-state index in [1.165, 1.54) is 4.90 Å². The molecule has 162 valence electrons. The summed E-state index contributed by atoms with van der Waals surface area (Å²) in [6.07, 6.45) is 1.84. The van der Waals surface area contributed by atoms with Crippen LogP contribution in [0.1, 0.15) is 37.8 Å². The molecule has 0 fully saturated rings. The minimum atomic E-state index is -0.715. The van der Waals surface area contributed by atoms with Crippen LogP contribution < -0.4 is 5.32 Å². The van der Waals surface area contributed by atoms with Gasteiger partial charge in [0.2, 0.25) is 11.8 Å². The van der Waals surface area contributed by atoms with Crippen molar-refractivity contribution in [3.63, 3.8) is 0 Å². The number of unbranched alkanes of at least 4 members (excludes halogenated alkanes) is 1. The van der Waals surface area contributed by atoms with E-state index in [0.29, 0.717) is 37.8 Å². The molecule has 30 heavy (non-hydrogen) atoms. The van der Waals surface area contributed by atoms with Gasteiger partial charge < -0.3 is 10.2 Å². The molecule has 2 amide bonds. The first kappa shape index (κ1) is 24.8. The van der Waals surface area contributed by atoms with Crippen molar-refractivity contribution in [2.75, 3.05) is 6.54 Å². The van der Waals surface area contributed by atoms with E-state index in [2.05, 4.69) is 5.32 Å². The third-order valence-corrected chi connectivity index (χ3v) is 6.04. The summed E-state index contributed by atoms with van der Waals surface area (Å²) < 4.78 is 0. The number of hydrogen-bond acceptors (Lipinski definition) is 2. The summed E-state index contributed by atoms with van der Waals surface area (Å²) in [6.45, 7) is 4.39. The van der Waals surface area contributed by atoms with E-state index in [0.717, 1.165) is 12.8 Å². The maximum Gasteiger partial charge on any atom is 0.242 e. The molecule has 0 aliphatic carbocycles. The molecule has 0 radical (unpaired) electrons. The molecule has 0 saturated heterocycles. The minimum absolute atomic E-state index is 0.0185. The van der Waals surface area contributed by atoms with Crippen molar-refractivity contribution in [1.82, 2.24) is 10.2 Å². The SMILES string of the molecule is CCCCNC(=O)C(C)N(Cc1c(Cl)cccc1Cl)C(=O)Cc1ccc(Cl)cc1Cl. The van der Waals surface area contributed by atoms with Crippen molar-refractivity contribution in [2.45, 2.75) is 45.7 Å². The molecule has 2 aromatic rings. The largest absolute Gasteiger partial charge is 0.354 e. The predicted octanol–water partition coefficient (Wildman–Crippen LogP) is 6.18. The summed E-state index contributed by atoms with van der Waals surface area (Å²) in [4.78, 5) is 27.4. The van der Waals surface area contributed by atoms with Crippen LogP contribution in [0.15, 0.2) is 36.4 Å². The summed E-state index contributed by atoms with van der Waals surface area (Å²) in [6, 6.07) is 9.38. The Morgan fingerprint density at radius 3 is 2.30 bits per heavy atom. The molecule has 0 aliphatic rings. The van der Waals surface area contributed by atoms with Gasteiger partial charge in [0.1, 0.15) is 6.04 Å². The first-order chi connectivity index (χ1) is 14.2. The number of nitrogens with one attached hydrogen (secondary N) is 1. The monoisotopic (exact) mass is 488 g/mol. The molecule has 1 N–H and O–H groups in total. The van der Waals surface area contributed by atoms with Crippen LogP contribution in [0, 0.1) is 0 Å². The molecule has 0 aliphatic heterocycles. The first-order valence-corrected chi connectivity index (χ1v) is 11.2. The van der Waals surface area contributed by atoms with Crippen molar-refractivity contribution in [3.8, 4) is 0 Å². The number of halogens is 4. The Balaban J connectivity index is 2.29. The summed E-state index contributed by atoms with van der Waals surface area (Å²) in [7, 11) is 0. The zero-order valence-electron chi connectivity index (χ0n) is 16.9. The number of nitrogens with zero attached hydrogens (tertiary/aromatic N) is 1. The minimum Gasteiger partial charge on any atom is -0.354 e.